The van der Waals surface area contributed by atoms with E-state index in [9.17, 15) is 4.79 Å². The van der Waals surface area contributed by atoms with E-state index < -0.39 is 0 Å². The molecule has 5 heteroatoms. The zero-order chi connectivity index (χ0) is 20.4. The van der Waals surface area contributed by atoms with Gasteiger partial charge in [-0.2, -0.15) is 0 Å². The fourth-order valence-corrected chi connectivity index (χ4v) is 5.96. The van der Waals surface area contributed by atoms with E-state index in [0.29, 0.717) is 5.92 Å². The molecule has 156 valence electrons. The molecule has 2 heterocycles. The largest absolute Gasteiger partial charge is 0.379 e. The van der Waals surface area contributed by atoms with Crippen LogP contribution in [0.1, 0.15) is 72.7 Å². The van der Waals surface area contributed by atoms with E-state index in [1.165, 1.54) is 40.0 Å². The molecule has 1 aromatic heterocycles. The van der Waals surface area contributed by atoms with Gasteiger partial charge in [-0.15, -0.1) is 11.3 Å². The van der Waals surface area contributed by atoms with Crippen molar-refractivity contribution in [1.29, 1.82) is 0 Å². The molecular formula is C24H32N2O2S. The normalized spacial score (nSPS) is 18.5. The predicted molar refractivity (Wildman–Crippen MR) is 120 cm³/mol. The predicted octanol–water partition coefficient (Wildman–Crippen LogP) is 5.13. The monoisotopic (exact) mass is 412 g/mol. The lowest BCUT2D eigenvalue weighted by Gasteiger charge is -2.36. The van der Waals surface area contributed by atoms with Gasteiger partial charge in [-0.05, 0) is 48.3 Å². The summed E-state index contributed by atoms with van der Waals surface area (Å²) >= 11 is 1.80. The Labute approximate surface area is 178 Å². The minimum atomic E-state index is 0.0146. The van der Waals surface area contributed by atoms with E-state index in [2.05, 4.69) is 48.3 Å². The summed E-state index contributed by atoms with van der Waals surface area (Å²) in [6, 6.07) is 9.29. The standard InChI is InChI=1S/C24H32N2O2S/c1-16(2)18-8-10-19(11-9-18)23(26-12-14-28-15-13-26)22-20-6-4-5-7-21(20)29-24(22)25-17(3)27/h8-11,16,23H,4-7,12-15H2,1-3H3,(H,25,27)/t23-/m0/s1. The summed E-state index contributed by atoms with van der Waals surface area (Å²) in [5, 5.41) is 4.22. The van der Waals surface area contributed by atoms with Crippen LogP contribution in [0.3, 0.4) is 0 Å². The maximum absolute atomic E-state index is 12.0. The Kier molecular flexibility index (Phi) is 6.38. The molecule has 1 N–H and O–H groups in total. The number of nitrogens with zero attached hydrogens (tertiary/aromatic N) is 1. The van der Waals surface area contributed by atoms with Crippen LogP contribution in [0, 0.1) is 0 Å². The molecule has 0 unspecified atom stereocenters. The summed E-state index contributed by atoms with van der Waals surface area (Å²) in [4.78, 5) is 16.0. The van der Waals surface area contributed by atoms with Crippen molar-refractivity contribution in [3.05, 3.63) is 51.4 Å². The lowest BCUT2D eigenvalue weighted by atomic mass is 9.88. The van der Waals surface area contributed by atoms with Crippen LogP contribution >= 0.6 is 11.3 Å². The third-order valence-electron chi connectivity index (χ3n) is 6.10. The number of thiophene rings is 1. The van der Waals surface area contributed by atoms with Crippen LogP contribution in [0.15, 0.2) is 24.3 Å². The molecule has 1 saturated heterocycles. The van der Waals surface area contributed by atoms with Gasteiger partial charge in [0.2, 0.25) is 5.91 Å². The van der Waals surface area contributed by atoms with Crippen molar-refractivity contribution in [3.63, 3.8) is 0 Å². The smallest absolute Gasteiger partial charge is 0.221 e. The molecule has 1 aliphatic heterocycles. The molecular weight excluding hydrogens is 380 g/mol. The maximum atomic E-state index is 12.0. The summed E-state index contributed by atoms with van der Waals surface area (Å²) in [6.07, 6.45) is 4.73. The number of anilines is 1. The number of fused-ring (bicyclic) bond motifs is 1. The lowest BCUT2D eigenvalue weighted by Crippen LogP contribution is -2.40. The van der Waals surface area contributed by atoms with Gasteiger partial charge < -0.3 is 10.1 Å². The third kappa shape index (κ3) is 4.42. The summed E-state index contributed by atoms with van der Waals surface area (Å²) in [5.74, 6) is 0.537. The van der Waals surface area contributed by atoms with Crippen molar-refractivity contribution in [2.24, 2.45) is 0 Å². The summed E-state index contributed by atoms with van der Waals surface area (Å²) < 4.78 is 5.65. The van der Waals surface area contributed by atoms with Crippen molar-refractivity contribution < 1.29 is 9.53 Å². The molecule has 1 amide bonds. The van der Waals surface area contributed by atoms with Crippen LogP contribution < -0.4 is 5.32 Å². The Morgan fingerprint density at radius 2 is 1.72 bits per heavy atom. The van der Waals surface area contributed by atoms with Crippen LogP contribution in [-0.2, 0) is 22.4 Å². The van der Waals surface area contributed by atoms with Gasteiger partial charge in [0.1, 0.15) is 5.00 Å². The van der Waals surface area contributed by atoms with Gasteiger partial charge in [0.15, 0.2) is 0 Å². The van der Waals surface area contributed by atoms with Crippen LogP contribution in [0.5, 0.6) is 0 Å². The first-order valence-electron chi connectivity index (χ1n) is 10.9. The van der Waals surface area contributed by atoms with Crippen LogP contribution in [0.4, 0.5) is 5.00 Å². The van der Waals surface area contributed by atoms with Gasteiger partial charge >= 0.3 is 0 Å². The second-order valence-electron chi connectivity index (χ2n) is 8.51. The van der Waals surface area contributed by atoms with E-state index in [-0.39, 0.29) is 11.9 Å². The number of aryl methyl sites for hydroxylation is 1. The fraction of sp³-hybridized carbons (Fsp3) is 0.542. The zero-order valence-electron chi connectivity index (χ0n) is 17.8. The van der Waals surface area contributed by atoms with Gasteiger partial charge in [0.25, 0.3) is 0 Å². The van der Waals surface area contributed by atoms with Crippen molar-refractivity contribution in [2.75, 3.05) is 31.6 Å². The molecule has 4 nitrogen and oxygen atoms in total. The summed E-state index contributed by atoms with van der Waals surface area (Å²) in [7, 11) is 0. The van der Waals surface area contributed by atoms with Gasteiger partial charge in [0.05, 0.1) is 19.3 Å². The molecule has 1 atom stereocenters. The quantitative estimate of drug-likeness (QED) is 0.740. The number of morpholine rings is 1. The van der Waals surface area contributed by atoms with E-state index in [0.717, 1.165) is 44.1 Å². The number of hydrogen-bond donors (Lipinski definition) is 1. The van der Waals surface area contributed by atoms with E-state index >= 15 is 0 Å². The summed E-state index contributed by atoms with van der Waals surface area (Å²) in [6.45, 7) is 9.45. The van der Waals surface area contributed by atoms with E-state index in [1.54, 1.807) is 18.3 Å². The van der Waals surface area contributed by atoms with Crippen molar-refractivity contribution in [1.82, 2.24) is 4.90 Å². The Balaban J connectivity index is 1.82. The zero-order valence-corrected chi connectivity index (χ0v) is 18.6. The van der Waals surface area contributed by atoms with Gasteiger partial charge in [-0.3, -0.25) is 9.69 Å². The molecule has 1 fully saturated rings. The Morgan fingerprint density at radius 1 is 1.07 bits per heavy atom. The molecule has 4 rings (SSSR count). The fourth-order valence-electron chi connectivity index (χ4n) is 4.59. The summed E-state index contributed by atoms with van der Waals surface area (Å²) in [5.41, 5.74) is 5.49. The number of amides is 1. The first-order chi connectivity index (χ1) is 14.0. The Bertz CT molecular complexity index is 851. The van der Waals surface area contributed by atoms with Crippen molar-refractivity contribution in [3.8, 4) is 0 Å². The third-order valence-corrected chi connectivity index (χ3v) is 7.33. The highest BCUT2D eigenvalue weighted by atomic mass is 32.1. The molecule has 0 bridgehead atoms. The number of ether oxygens (including phenoxy) is 1. The topological polar surface area (TPSA) is 41.6 Å². The minimum absolute atomic E-state index is 0.0146. The minimum Gasteiger partial charge on any atom is -0.379 e. The highest BCUT2D eigenvalue weighted by Gasteiger charge is 2.32. The first kappa shape index (κ1) is 20.6. The van der Waals surface area contributed by atoms with Crippen LogP contribution in [0.25, 0.3) is 0 Å². The molecule has 0 spiro atoms. The highest BCUT2D eigenvalue weighted by molar-refractivity contribution is 7.16. The van der Waals surface area contributed by atoms with Gasteiger partial charge in [0, 0.05) is 30.5 Å². The number of rotatable bonds is 5. The molecule has 2 aromatic rings. The SMILES string of the molecule is CC(=O)Nc1sc2c(c1[C@H](c1ccc(C(C)C)cc1)N1CCOCC1)CCCC2. The highest BCUT2D eigenvalue weighted by Crippen LogP contribution is 2.45. The number of carbonyl (C=O) groups excluding carboxylic acids is 1. The second-order valence-corrected chi connectivity index (χ2v) is 9.61. The molecule has 0 saturated carbocycles. The van der Waals surface area contributed by atoms with Crippen LogP contribution in [0.2, 0.25) is 0 Å². The average Bonchev–Trinajstić information content (AvgIpc) is 3.07. The Hall–Kier alpha value is -1.69. The van der Waals surface area contributed by atoms with Crippen molar-refractivity contribution in [2.45, 2.75) is 58.4 Å². The molecule has 2 aliphatic rings. The number of nitrogens with one attached hydrogen (secondary N) is 1. The lowest BCUT2D eigenvalue weighted by molar-refractivity contribution is -0.114. The second kappa shape index (κ2) is 8.99. The maximum Gasteiger partial charge on any atom is 0.221 e. The molecule has 0 radical (unpaired) electrons. The Morgan fingerprint density at radius 3 is 2.38 bits per heavy atom. The van der Waals surface area contributed by atoms with Gasteiger partial charge in [-0.25, -0.2) is 0 Å². The van der Waals surface area contributed by atoms with E-state index in [4.69, 9.17) is 4.74 Å². The van der Waals surface area contributed by atoms with Crippen LogP contribution in [-0.4, -0.2) is 37.1 Å². The molecule has 29 heavy (non-hydrogen) atoms. The van der Waals surface area contributed by atoms with E-state index in [1.807, 2.05) is 0 Å². The van der Waals surface area contributed by atoms with Gasteiger partial charge in [-0.1, -0.05) is 38.1 Å². The number of hydrogen-bond acceptors (Lipinski definition) is 4. The average molecular weight is 413 g/mol. The van der Waals surface area contributed by atoms with Crippen molar-refractivity contribution >= 4 is 22.2 Å². The first-order valence-corrected chi connectivity index (χ1v) is 11.7. The molecule has 1 aliphatic carbocycles. The number of carbonyl (C=O) groups is 1. The molecule has 1 aromatic carbocycles. The number of benzene rings is 1.